The molecule has 0 bridgehead atoms. The molecule has 1 aromatic carbocycles. The van der Waals surface area contributed by atoms with Crippen molar-refractivity contribution in [1.29, 1.82) is 0 Å². The number of alkyl halides is 2. The number of rotatable bonds is 8. The molecule has 26 heavy (non-hydrogen) atoms. The first kappa shape index (κ1) is 22.4. The first-order chi connectivity index (χ1) is 12.0. The highest BCUT2D eigenvalue weighted by molar-refractivity contribution is 5.85. The molecule has 2 rings (SSSR count). The number of methoxy groups -OCH3 is 1. The number of hydrogen-bond donors (Lipinski definition) is 2. The summed E-state index contributed by atoms with van der Waals surface area (Å²) >= 11 is 0. The fraction of sp³-hybridized carbons (Fsp3) is 0.588. The van der Waals surface area contributed by atoms with Gasteiger partial charge in [0.15, 0.2) is 11.5 Å². The SMILES string of the molecule is CCOc1cc(CNC(=O)C2(OC)CCNCC2)ccc1OC(F)F.Cl. The van der Waals surface area contributed by atoms with Crippen molar-refractivity contribution >= 4 is 18.3 Å². The van der Waals surface area contributed by atoms with E-state index in [1.165, 1.54) is 13.2 Å². The Morgan fingerprint density at radius 2 is 2.00 bits per heavy atom. The molecule has 0 unspecified atom stereocenters. The predicted octanol–water partition coefficient (Wildman–Crippen LogP) is 2.49. The summed E-state index contributed by atoms with van der Waals surface area (Å²) in [7, 11) is 1.54. The molecule has 0 aromatic heterocycles. The van der Waals surface area contributed by atoms with E-state index in [0.29, 0.717) is 19.4 Å². The Balaban J connectivity index is 0.00000338. The van der Waals surface area contributed by atoms with Gasteiger partial charge < -0.3 is 24.8 Å². The lowest BCUT2D eigenvalue weighted by Crippen LogP contribution is -2.53. The topological polar surface area (TPSA) is 68.8 Å². The van der Waals surface area contributed by atoms with Crippen LogP contribution in [-0.2, 0) is 16.1 Å². The largest absolute Gasteiger partial charge is 0.490 e. The van der Waals surface area contributed by atoms with Crippen molar-refractivity contribution in [3.63, 3.8) is 0 Å². The molecule has 0 spiro atoms. The fourth-order valence-electron chi connectivity index (χ4n) is 2.82. The summed E-state index contributed by atoms with van der Waals surface area (Å²) in [6, 6.07) is 4.61. The number of amides is 1. The van der Waals surface area contributed by atoms with Crippen LogP contribution in [0.4, 0.5) is 8.78 Å². The maximum Gasteiger partial charge on any atom is 0.387 e. The van der Waals surface area contributed by atoms with Crippen molar-refractivity contribution in [1.82, 2.24) is 10.6 Å². The lowest BCUT2D eigenvalue weighted by atomic mass is 9.91. The summed E-state index contributed by atoms with van der Waals surface area (Å²) < 4.78 is 40.1. The zero-order valence-electron chi connectivity index (χ0n) is 14.8. The van der Waals surface area contributed by atoms with Crippen molar-refractivity contribution in [3.8, 4) is 11.5 Å². The highest BCUT2D eigenvalue weighted by Gasteiger charge is 2.39. The molecule has 0 aliphatic carbocycles. The average molecular weight is 395 g/mol. The van der Waals surface area contributed by atoms with E-state index in [0.717, 1.165) is 18.7 Å². The molecule has 1 aliphatic rings. The molecule has 1 aliphatic heterocycles. The van der Waals surface area contributed by atoms with Gasteiger partial charge in [-0.3, -0.25) is 4.79 Å². The fourth-order valence-corrected chi connectivity index (χ4v) is 2.82. The lowest BCUT2D eigenvalue weighted by Gasteiger charge is -2.34. The number of piperidine rings is 1. The van der Waals surface area contributed by atoms with E-state index in [2.05, 4.69) is 15.4 Å². The van der Waals surface area contributed by atoms with Gasteiger partial charge in [-0.1, -0.05) is 6.07 Å². The van der Waals surface area contributed by atoms with Gasteiger partial charge >= 0.3 is 6.61 Å². The molecule has 1 aromatic rings. The van der Waals surface area contributed by atoms with Crippen molar-refractivity contribution < 1.29 is 27.8 Å². The third kappa shape index (κ3) is 5.69. The van der Waals surface area contributed by atoms with Gasteiger partial charge in [-0.05, 0) is 50.6 Å². The molecule has 9 heteroatoms. The highest BCUT2D eigenvalue weighted by atomic mass is 35.5. The third-order valence-electron chi connectivity index (χ3n) is 4.19. The molecule has 0 saturated carbocycles. The van der Waals surface area contributed by atoms with Crippen LogP contribution in [0.25, 0.3) is 0 Å². The van der Waals surface area contributed by atoms with E-state index < -0.39 is 12.2 Å². The minimum absolute atomic E-state index is 0. The van der Waals surface area contributed by atoms with Crippen molar-refractivity contribution in [3.05, 3.63) is 23.8 Å². The summed E-state index contributed by atoms with van der Waals surface area (Å²) in [6.45, 7) is 0.818. The number of benzene rings is 1. The van der Waals surface area contributed by atoms with Crippen LogP contribution in [0.2, 0.25) is 0 Å². The second-order valence-electron chi connectivity index (χ2n) is 5.72. The maximum absolute atomic E-state index is 12.5. The molecule has 2 N–H and O–H groups in total. The molecule has 1 heterocycles. The zero-order chi connectivity index (χ0) is 18.3. The number of halogens is 3. The standard InChI is InChI=1S/C17H24F2N2O4.ClH/c1-3-24-14-10-12(4-5-13(14)25-16(18)19)11-21-15(22)17(23-2)6-8-20-9-7-17;/h4-5,10,16,20H,3,6-9,11H2,1-2H3,(H,21,22);1H. The van der Waals surface area contributed by atoms with Gasteiger partial charge in [0, 0.05) is 13.7 Å². The Labute approximate surface area is 158 Å². The van der Waals surface area contributed by atoms with Gasteiger partial charge in [-0.2, -0.15) is 8.78 Å². The van der Waals surface area contributed by atoms with Crippen LogP contribution in [0.1, 0.15) is 25.3 Å². The van der Waals surface area contributed by atoms with Crippen LogP contribution in [-0.4, -0.2) is 44.9 Å². The summed E-state index contributed by atoms with van der Waals surface area (Å²) in [4.78, 5) is 12.5. The third-order valence-corrected chi connectivity index (χ3v) is 4.19. The molecule has 0 radical (unpaired) electrons. The second-order valence-corrected chi connectivity index (χ2v) is 5.72. The van der Waals surface area contributed by atoms with Crippen LogP contribution in [0.3, 0.4) is 0 Å². The Morgan fingerprint density at radius 3 is 2.58 bits per heavy atom. The van der Waals surface area contributed by atoms with E-state index >= 15 is 0 Å². The Hall–Kier alpha value is -1.64. The molecular weight excluding hydrogens is 370 g/mol. The molecule has 0 atom stereocenters. The van der Waals surface area contributed by atoms with E-state index in [9.17, 15) is 13.6 Å². The monoisotopic (exact) mass is 394 g/mol. The second kappa shape index (κ2) is 10.5. The van der Waals surface area contributed by atoms with Gasteiger partial charge in [0.05, 0.1) is 6.61 Å². The first-order valence-electron chi connectivity index (χ1n) is 8.25. The van der Waals surface area contributed by atoms with Gasteiger partial charge in [0.1, 0.15) is 5.60 Å². The molecule has 148 valence electrons. The number of hydrogen-bond acceptors (Lipinski definition) is 5. The van der Waals surface area contributed by atoms with E-state index in [1.54, 1.807) is 19.1 Å². The van der Waals surface area contributed by atoms with Crippen molar-refractivity contribution in [2.45, 2.75) is 38.5 Å². The van der Waals surface area contributed by atoms with Crippen molar-refractivity contribution in [2.75, 3.05) is 26.8 Å². The molecule has 1 fully saturated rings. The summed E-state index contributed by atoms with van der Waals surface area (Å²) in [6.07, 6.45) is 1.20. The van der Waals surface area contributed by atoms with Gasteiger partial charge in [0.2, 0.25) is 0 Å². The van der Waals surface area contributed by atoms with Crippen LogP contribution >= 0.6 is 12.4 Å². The zero-order valence-corrected chi connectivity index (χ0v) is 15.7. The van der Waals surface area contributed by atoms with E-state index in [4.69, 9.17) is 9.47 Å². The summed E-state index contributed by atoms with van der Waals surface area (Å²) in [5, 5.41) is 6.05. The summed E-state index contributed by atoms with van der Waals surface area (Å²) in [5.74, 6) is 0.0129. The molecule has 6 nitrogen and oxygen atoms in total. The smallest absolute Gasteiger partial charge is 0.387 e. The normalized spacial score (nSPS) is 15.9. The van der Waals surface area contributed by atoms with Crippen molar-refractivity contribution in [2.24, 2.45) is 0 Å². The maximum atomic E-state index is 12.5. The van der Waals surface area contributed by atoms with Crippen LogP contribution in [0, 0.1) is 0 Å². The number of carbonyl (C=O) groups is 1. The quantitative estimate of drug-likeness (QED) is 0.709. The molecular formula is C17H25ClF2N2O4. The first-order valence-corrected chi connectivity index (χ1v) is 8.25. The van der Waals surface area contributed by atoms with E-state index in [-0.39, 0.29) is 36.4 Å². The van der Waals surface area contributed by atoms with Crippen LogP contribution in [0.5, 0.6) is 11.5 Å². The van der Waals surface area contributed by atoms with Crippen LogP contribution < -0.4 is 20.1 Å². The van der Waals surface area contributed by atoms with Gasteiger partial charge in [-0.25, -0.2) is 0 Å². The minimum Gasteiger partial charge on any atom is -0.490 e. The van der Waals surface area contributed by atoms with E-state index in [1.807, 2.05) is 0 Å². The predicted molar refractivity (Wildman–Crippen MR) is 95.2 cm³/mol. The Bertz CT molecular complexity index is 584. The number of nitrogens with one attached hydrogen (secondary N) is 2. The van der Waals surface area contributed by atoms with Gasteiger partial charge in [-0.15, -0.1) is 12.4 Å². The lowest BCUT2D eigenvalue weighted by molar-refractivity contribution is -0.146. The van der Waals surface area contributed by atoms with Gasteiger partial charge in [0.25, 0.3) is 5.91 Å². The Morgan fingerprint density at radius 1 is 1.31 bits per heavy atom. The highest BCUT2D eigenvalue weighted by Crippen LogP contribution is 2.30. The average Bonchev–Trinajstić information content (AvgIpc) is 2.62. The minimum atomic E-state index is -2.92. The van der Waals surface area contributed by atoms with Crippen LogP contribution in [0.15, 0.2) is 18.2 Å². The summed E-state index contributed by atoms with van der Waals surface area (Å²) in [5.41, 5.74) is -0.106. The molecule has 1 saturated heterocycles. The Kier molecular flexibility index (Phi) is 9.04. The number of ether oxygens (including phenoxy) is 3. The number of carbonyl (C=O) groups excluding carboxylic acids is 1. The molecule has 1 amide bonds.